The second kappa shape index (κ2) is 5.85. The molecule has 0 saturated carbocycles. The summed E-state index contributed by atoms with van der Waals surface area (Å²) in [7, 11) is 0. The van der Waals surface area contributed by atoms with Crippen molar-refractivity contribution in [2.24, 2.45) is 0 Å². The van der Waals surface area contributed by atoms with Crippen LogP contribution in [0.15, 0.2) is 0 Å². The van der Waals surface area contributed by atoms with Crippen molar-refractivity contribution < 1.29 is 65.9 Å². The Bertz CT molecular complexity index is 455. The van der Waals surface area contributed by atoms with Gasteiger partial charge in [0.05, 0.1) is 6.42 Å². The van der Waals surface area contributed by atoms with E-state index in [1.54, 1.807) is 0 Å². The average Bonchev–Trinajstić information content (AvgIpc) is 2.22. The first-order valence-electron chi connectivity index (χ1n) is 4.98. The quantitative estimate of drug-likeness (QED) is 0.229. The minimum Gasteiger partial charge on any atom is -0.199 e. The van der Waals surface area contributed by atoms with Gasteiger partial charge in [-0.15, -0.1) is 0 Å². The summed E-state index contributed by atoms with van der Waals surface area (Å²) in [6, 6.07) is 0. The molecule has 0 bridgehead atoms. The summed E-state index contributed by atoms with van der Waals surface area (Å²) in [4.78, 5) is 0. The molecule has 0 nitrogen and oxygen atoms in total. The third kappa shape index (κ3) is 3.61. The summed E-state index contributed by atoms with van der Waals surface area (Å²) in [5.41, 5.74) is 0. The van der Waals surface area contributed by atoms with Gasteiger partial charge in [0.2, 0.25) is 0 Å². The van der Waals surface area contributed by atoms with E-state index in [0.29, 0.717) is 0 Å². The van der Waals surface area contributed by atoms with Crippen LogP contribution in [0.1, 0.15) is 6.42 Å². The molecule has 0 radical (unpaired) electrons. The first kappa shape index (κ1) is 23.7. The molecule has 146 valence electrons. The molecule has 0 aromatic rings. The van der Waals surface area contributed by atoms with Crippen LogP contribution in [-0.4, -0.2) is 39.7 Å². The zero-order chi connectivity index (χ0) is 20.2. The highest BCUT2D eigenvalue weighted by Gasteiger charge is 2.90. The highest BCUT2D eigenvalue weighted by molar-refractivity contribution is 14.1. The molecule has 0 aliphatic rings. The van der Waals surface area contributed by atoms with E-state index in [1.165, 1.54) is 0 Å². The van der Waals surface area contributed by atoms with Gasteiger partial charge in [-0.2, -0.15) is 65.9 Å². The SMILES string of the molecule is FC(F)(I)CC(F)(F)C(F)(F)C(F)(F)C(F)(F)C(F)(F)C(F)(F)F. The predicted octanol–water partition coefficient (Wildman–Crippen LogP) is 6.14. The fourth-order valence-electron chi connectivity index (χ4n) is 1.16. The van der Waals surface area contributed by atoms with Crippen LogP contribution in [0, 0.1) is 0 Å². The van der Waals surface area contributed by atoms with Gasteiger partial charge in [0.25, 0.3) is 0 Å². The molecule has 0 aliphatic heterocycles. The first-order valence-corrected chi connectivity index (χ1v) is 6.06. The first-order chi connectivity index (χ1) is 9.96. The highest BCUT2D eigenvalue weighted by atomic mass is 127. The molecule has 0 atom stereocenters. The smallest absolute Gasteiger partial charge is 0.199 e. The Morgan fingerprint density at radius 1 is 0.458 bits per heavy atom. The molecule has 16 heteroatoms. The Morgan fingerprint density at radius 2 is 0.750 bits per heavy atom. The van der Waals surface area contributed by atoms with Crippen molar-refractivity contribution >= 4 is 22.6 Å². The van der Waals surface area contributed by atoms with Crippen molar-refractivity contribution in [3.05, 3.63) is 0 Å². The molecule has 24 heavy (non-hydrogen) atoms. The maximum absolute atomic E-state index is 12.9. The molecule has 0 N–H and O–H groups in total. The third-order valence-electron chi connectivity index (χ3n) is 2.42. The summed E-state index contributed by atoms with van der Waals surface area (Å²) >= 11 is -0.287. The lowest BCUT2D eigenvalue weighted by Gasteiger charge is -2.40. The van der Waals surface area contributed by atoms with Crippen molar-refractivity contribution in [1.82, 2.24) is 0 Å². The van der Waals surface area contributed by atoms with Crippen LogP contribution in [0.3, 0.4) is 0 Å². The van der Waals surface area contributed by atoms with Crippen molar-refractivity contribution in [3.63, 3.8) is 0 Å². The maximum atomic E-state index is 12.9. The summed E-state index contributed by atoms with van der Waals surface area (Å²) in [5.74, 6) is -38.4. The van der Waals surface area contributed by atoms with E-state index >= 15 is 0 Å². The van der Waals surface area contributed by atoms with Gasteiger partial charge in [0.15, 0.2) is 0 Å². The summed E-state index contributed by atoms with van der Waals surface area (Å²) in [6.07, 6.45) is -11.1. The molecule has 0 aromatic heterocycles. The van der Waals surface area contributed by atoms with Crippen molar-refractivity contribution in [2.75, 3.05) is 0 Å². The number of hydrogen-bond acceptors (Lipinski definition) is 0. The van der Waals surface area contributed by atoms with Gasteiger partial charge < -0.3 is 0 Å². The van der Waals surface area contributed by atoms with E-state index in [4.69, 9.17) is 0 Å². The van der Waals surface area contributed by atoms with Crippen molar-refractivity contribution in [3.8, 4) is 0 Å². The molecule has 0 amide bonds. The Hall–Kier alpha value is -0.320. The van der Waals surface area contributed by atoms with Crippen LogP contribution in [0.25, 0.3) is 0 Å². The van der Waals surface area contributed by atoms with Crippen molar-refractivity contribution in [1.29, 1.82) is 0 Å². The Kier molecular flexibility index (Phi) is 5.77. The third-order valence-corrected chi connectivity index (χ3v) is 2.80. The van der Waals surface area contributed by atoms with Crippen molar-refractivity contribution in [2.45, 2.75) is 46.1 Å². The Balaban J connectivity index is 6.21. The van der Waals surface area contributed by atoms with E-state index < -0.39 is 46.1 Å². The zero-order valence-electron chi connectivity index (χ0n) is 10.3. The number of hydrogen-bond donors (Lipinski definition) is 0. The van der Waals surface area contributed by atoms with Crippen LogP contribution >= 0.6 is 22.6 Å². The van der Waals surface area contributed by atoms with E-state index in [-0.39, 0.29) is 22.6 Å². The maximum Gasteiger partial charge on any atom is 0.460 e. The minimum absolute atomic E-state index is 0.287. The molecular weight excluding hydrogens is 508 g/mol. The van der Waals surface area contributed by atoms with Crippen LogP contribution in [0.4, 0.5) is 65.9 Å². The molecule has 0 fully saturated rings. The lowest BCUT2D eigenvalue weighted by atomic mass is 9.93. The van der Waals surface area contributed by atoms with Crippen LogP contribution in [0.2, 0.25) is 0 Å². The monoisotopic (exact) mass is 510 g/mol. The van der Waals surface area contributed by atoms with Crippen LogP contribution in [-0.2, 0) is 0 Å². The average molecular weight is 510 g/mol. The molecular formula is C8H2F15I. The number of alkyl halides is 16. The molecule has 0 rings (SSSR count). The van der Waals surface area contributed by atoms with Crippen LogP contribution in [0.5, 0.6) is 0 Å². The standard InChI is InChI=1S/C8H2F15I/c9-2(10,1-3(11,12)24)4(13,14)5(15,16)6(17,18)7(19,20)8(21,22)23/h1H2. The minimum atomic E-state index is -8.08. The van der Waals surface area contributed by atoms with Gasteiger partial charge in [0.1, 0.15) is 0 Å². The normalized spacial score (nSPS) is 16.5. The summed E-state index contributed by atoms with van der Waals surface area (Å²) in [6.45, 7) is 0. The summed E-state index contributed by atoms with van der Waals surface area (Å²) < 4.78 is 182. The molecule has 0 spiro atoms. The summed E-state index contributed by atoms with van der Waals surface area (Å²) in [5, 5.41) is 0. The van der Waals surface area contributed by atoms with Gasteiger partial charge in [0, 0.05) is 0 Å². The second-order valence-corrected chi connectivity index (χ2v) is 5.87. The van der Waals surface area contributed by atoms with E-state index in [0.717, 1.165) is 0 Å². The molecule has 0 saturated heterocycles. The topological polar surface area (TPSA) is 0 Å². The molecule has 0 heterocycles. The largest absolute Gasteiger partial charge is 0.460 e. The van der Waals surface area contributed by atoms with Gasteiger partial charge in [-0.3, -0.25) is 0 Å². The van der Waals surface area contributed by atoms with Gasteiger partial charge >= 0.3 is 39.7 Å². The lowest BCUT2D eigenvalue weighted by molar-refractivity contribution is -0.441. The Labute approximate surface area is 135 Å². The second-order valence-electron chi connectivity index (χ2n) is 4.29. The van der Waals surface area contributed by atoms with E-state index in [2.05, 4.69) is 0 Å². The number of halogens is 16. The lowest BCUT2D eigenvalue weighted by Crippen LogP contribution is -2.70. The number of rotatable bonds is 6. The van der Waals surface area contributed by atoms with Crippen LogP contribution < -0.4 is 0 Å². The van der Waals surface area contributed by atoms with Gasteiger partial charge in [-0.25, -0.2) is 0 Å². The van der Waals surface area contributed by atoms with E-state index in [9.17, 15) is 65.9 Å². The molecule has 0 aromatic carbocycles. The predicted molar refractivity (Wildman–Crippen MR) is 54.4 cm³/mol. The fourth-order valence-corrected chi connectivity index (χ4v) is 1.64. The van der Waals surface area contributed by atoms with Gasteiger partial charge in [-0.1, -0.05) is 0 Å². The fraction of sp³-hybridized carbons (Fsp3) is 1.00. The Morgan fingerprint density at radius 3 is 1.00 bits per heavy atom. The molecule has 0 unspecified atom stereocenters. The highest BCUT2D eigenvalue weighted by Crippen LogP contribution is 2.61. The molecule has 0 aliphatic carbocycles. The van der Waals surface area contributed by atoms with E-state index in [1.807, 2.05) is 0 Å². The van der Waals surface area contributed by atoms with Gasteiger partial charge in [-0.05, 0) is 22.6 Å². The zero-order valence-corrected chi connectivity index (χ0v) is 12.4.